The number of nitrogens with zero attached hydrogens (tertiary/aromatic N) is 3. The number of hydrogen-bond acceptors (Lipinski definition) is 6. The summed E-state index contributed by atoms with van der Waals surface area (Å²) in [6.45, 7) is 4.25. The molecule has 1 aromatic heterocycles. The maximum atomic E-state index is 11.5. The second-order valence-electron chi connectivity index (χ2n) is 4.60. The third-order valence-electron chi connectivity index (χ3n) is 3.20. The minimum Gasteiger partial charge on any atom is -0.366 e. The van der Waals surface area contributed by atoms with E-state index in [0.717, 1.165) is 5.82 Å². The van der Waals surface area contributed by atoms with E-state index in [1.165, 1.54) is 6.33 Å². The van der Waals surface area contributed by atoms with Gasteiger partial charge in [0.05, 0.1) is 11.5 Å². The van der Waals surface area contributed by atoms with E-state index in [4.69, 9.17) is 0 Å². The van der Waals surface area contributed by atoms with Gasteiger partial charge in [0.1, 0.15) is 18.0 Å². The van der Waals surface area contributed by atoms with Gasteiger partial charge in [0.25, 0.3) is 0 Å². The van der Waals surface area contributed by atoms with Crippen molar-refractivity contribution in [3.05, 3.63) is 25.0 Å². The van der Waals surface area contributed by atoms with Crippen LogP contribution >= 0.6 is 0 Å². The van der Waals surface area contributed by atoms with Crippen molar-refractivity contribution in [1.29, 1.82) is 0 Å². The topological polar surface area (TPSA) is 75.2 Å². The molecule has 1 atom stereocenters. The molecule has 0 aromatic carbocycles. The quantitative estimate of drug-likeness (QED) is 0.801. The summed E-state index contributed by atoms with van der Waals surface area (Å²) in [5, 5.41) is 3.08. The van der Waals surface area contributed by atoms with Crippen molar-refractivity contribution in [2.45, 2.75) is 12.5 Å². The first kappa shape index (κ1) is 13.8. The number of anilines is 2. The van der Waals surface area contributed by atoms with Gasteiger partial charge < -0.3 is 10.2 Å². The van der Waals surface area contributed by atoms with E-state index in [9.17, 15) is 8.42 Å². The van der Waals surface area contributed by atoms with Crippen molar-refractivity contribution < 1.29 is 8.42 Å². The van der Waals surface area contributed by atoms with Gasteiger partial charge in [-0.2, -0.15) is 0 Å². The van der Waals surface area contributed by atoms with E-state index in [1.54, 1.807) is 6.08 Å². The molecule has 1 aliphatic heterocycles. The fourth-order valence-electron chi connectivity index (χ4n) is 2.08. The van der Waals surface area contributed by atoms with E-state index >= 15 is 0 Å². The molecule has 7 heteroatoms. The SMILES string of the molecule is C=CCNc1cc(N(C)C2CCS(=O)(=O)C2)ncn1. The Balaban J connectivity index is 2.10. The molecule has 2 heterocycles. The normalized spacial score (nSPS) is 21.0. The molecular weight excluding hydrogens is 264 g/mol. The lowest BCUT2D eigenvalue weighted by molar-refractivity contribution is 0.600. The van der Waals surface area contributed by atoms with Gasteiger partial charge in [0, 0.05) is 25.7 Å². The first-order valence-corrected chi connectivity index (χ1v) is 7.94. The van der Waals surface area contributed by atoms with Gasteiger partial charge in [-0.1, -0.05) is 6.08 Å². The molecule has 1 aliphatic rings. The van der Waals surface area contributed by atoms with E-state index in [1.807, 2.05) is 18.0 Å². The van der Waals surface area contributed by atoms with E-state index < -0.39 is 9.84 Å². The van der Waals surface area contributed by atoms with Crippen molar-refractivity contribution in [1.82, 2.24) is 9.97 Å². The molecule has 6 nitrogen and oxygen atoms in total. The molecule has 104 valence electrons. The van der Waals surface area contributed by atoms with Crippen molar-refractivity contribution in [2.24, 2.45) is 0 Å². The number of hydrogen-bond donors (Lipinski definition) is 1. The zero-order valence-electron chi connectivity index (χ0n) is 10.9. The molecule has 0 spiro atoms. The largest absolute Gasteiger partial charge is 0.366 e. The van der Waals surface area contributed by atoms with E-state index in [2.05, 4.69) is 21.9 Å². The maximum absolute atomic E-state index is 11.5. The highest BCUT2D eigenvalue weighted by molar-refractivity contribution is 7.91. The number of nitrogens with one attached hydrogen (secondary N) is 1. The van der Waals surface area contributed by atoms with Gasteiger partial charge in [-0.25, -0.2) is 18.4 Å². The average molecular weight is 282 g/mol. The number of sulfone groups is 1. The van der Waals surface area contributed by atoms with Crippen molar-refractivity contribution >= 4 is 21.5 Å². The molecule has 0 radical (unpaired) electrons. The highest BCUT2D eigenvalue weighted by Gasteiger charge is 2.31. The number of rotatable bonds is 5. The highest BCUT2D eigenvalue weighted by Crippen LogP contribution is 2.22. The first-order valence-electron chi connectivity index (χ1n) is 6.12. The zero-order valence-corrected chi connectivity index (χ0v) is 11.7. The summed E-state index contributed by atoms with van der Waals surface area (Å²) in [5.74, 6) is 1.89. The Kier molecular flexibility index (Phi) is 4.04. The molecule has 0 amide bonds. The molecule has 0 saturated carbocycles. The van der Waals surface area contributed by atoms with Gasteiger partial charge >= 0.3 is 0 Å². The van der Waals surface area contributed by atoms with Crippen LogP contribution in [-0.2, 0) is 9.84 Å². The summed E-state index contributed by atoms with van der Waals surface area (Å²) in [5.41, 5.74) is 0. The van der Waals surface area contributed by atoms with Crippen molar-refractivity contribution in [3.8, 4) is 0 Å². The van der Waals surface area contributed by atoms with Gasteiger partial charge in [-0.3, -0.25) is 0 Å². The summed E-state index contributed by atoms with van der Waals surface area (Å²) >= 11 is 0. The molecule has 1 N–H and O–H groups in total. The Hall–Kier alpha value is -1.63. The molecule has 1 aromatic rings. The second-order valence-corrected chi connectivity index (χ2v) is 6.83. The van der Waals surface area contributed by atoms with Crippen LogP contribution in [0.4, 0.5) is 11.6 Å². The lowest BCUT2D eigenvalue weighted by Crippen LogP contribution is -2.33. The third kappa shape index (κ3) is 3.44. The first-order chi connectivity index (χ1) is 9.02. The Morgan fingerprint density at radius 2 is 2.37 bits per heavy atom. The summed E-state index contributed by atoms with van der Waals surface area (Å²) < 4.78 is 23.0. The molecule has 0 bridgehead atoms. The van der Waals surface area contributed by atoms with Crippen LogP contribution in [0.5, 0.6) is 0 Å². The summed E-state index contributed by atoms with van der Waals surface area (Å²) in [6, 6.07) is 1.81. The smallest absolute Gasteiger partial charge is 0.152 e. The monoisotopic (exact) mass is 282 g/mol. The lowest BCUT2D eigenvalue weighted by atomic mass is 10.2. The standard InChI is InChI=1S/C12H18N4O2S/c1-3-5-13-11-7-12(15-9-14-11)16(2)10-4-6-19(17,18)8-10/h3,7,9-10H,1,4-6,8H2,2H3,(H,13,14,15). The highest BCUT2D eigenvalue weighted by atomic mass is 32.2. The minimum absolute atomic E-state index is 0.00726. The van der Waals surface area contributed by atoms with Crippen LogP contribution in [0.15, 0.2) is 25.0 Å². The van der Waals surface area contributed by atoms with E-state index in [-0.39, 0.29) is 17.5 Å². The van der Waals surface area contributed by atoms with Crippen molar-refractivity contribution in [3.63, 3.8) is 0 Å². The van der Waals surface area contributed by atoms with Crippen molar-refractivity contribution in [2.75, 3.05) is 35.3 Å². The zero-order chi connectivity index (χ0) is 13.9. The fraction of sp³-hybridized carbons (Fsp3) is 0.500. The average Bonchev–Trinajstić information content (AvgIpc) is 2.76. The van der Waals surface area contributed by atoms with E-state index in [0.29, 0.717) is 18.8 Å². The molecule has 1 unspecified atom stereocenters. The Bertz CT molecular complexity index is 559. The summed E-state index contributed by atoms with van der Waals surface area (Å²) in [7, 11) is -1.02. The van der Waals surface area contributed by atoms with Crippen LogP contribution in [0.2, 0.25) is 0 Å². The molecule has 1 saturated heterocycles. The lowest BCUT2D eigenvalue weighted by Gasteiger charge is -2.24. The molecule has 1 fully saturated rings. The molecule has 2 rings (SSSR count). The molecule has 19 heavy (non-hydrogen) atoms. The van der Waals surface area contributed by atoms with Gasteiger partial charge in [0.2, 0.25) is 0 Å². The maximum Gasteiger partial charge on any atom is 0.152 e. The predicted octanol–water partition coefficient (Wildman–Crippen LogP) is 0.698. The number of aromatic nitrogens is 2. The van der Waals surface area contributed by atoms with Crippen LogP contribution < -0.4 is 10.2 Å². The summed E-state index contributed by atoms with van der Waals surface area (Å²) in [4.78, 5) is 10.2. The fourth-order valence-corrected chi connectivity index (χ4v) is 3.86. The van der Waals surface area contributed by atoms with Crippen LogP contribution in [0.1, 0.15) is 6.42 Å². The predicted molar refractivity (Wildman–Crippen MR) is 76.2 cm³/mol. The second kappa shape index (κ2) is 5.56. The van der Waals surface area contributed by atoms with Crippen LogP contribution in [0.3, 0.4) is 0 Å². The molecule has 0 aliphatic carbocycles. The summed E-state index contributed by atoms with van der Waals surface area (Å²) in [6.07, 6.45) is 3.87. The molecular formula is C12H18N4O2S. The van der Waals surface area contributed by atoms with Gasteiger partial charge in [-0.15, -0.1) is 6.58 Å². The van der Waals surface area contributed by atoms with Gasteiger partial charge in [0.15, 0.2) is 9.84 Å². The Morgan fingerprint density at radius 1 is 1.58 bits per heavy atom. The Morgan fingerprint density at radius 3 is 3.00 bits per heavy atom. The van der Waals surface area contributed by atoms with Crippen LogP contribution in [0.25, 0.3) is 0 Å². The van der Waals surface area contributed by atoms with Crippen LogP contribution in [0, 0.1) is 0 Å². The Labute approximate surface area is 113 Å². The van der Waals surface area contributed by atoms with Crippen LogP contribution in [-0.4, -0.2) is 49.5 Å². The van der Waals surface area contributed by atoms with Gasteiger partial charge in [-0.05, 0) is 6.42 Å². The minimum atomic E-state index is -2.89. The third-order valence-corrected chi connectivity index (χ3v) is 4.95.